The standard InChI is InChI=1S/C17H17N3O2S/c1-2-9-18-15(21)11-20-13-7-5-10-19-16(13)23-14-8-4-3-6-12(14)17(20)22/h3-8,10H,2,9,11H2,1H3,(H,18,21). The molecule has 0 atom stereocenters. The molecular weight excluding hydrogens is 310 g/mol. The van der Waals surface area contributed by atoms with Crippen LogP contribution in [0.3, 0.4) is 0 Å². The van der Waals surface area contributed by atoms with E-state index in [4.69, 9.17) is 0 Å². The van der Waals surface area contributed by atoms with Crippen molar-refractivity contribution >= 4 is 29.3 Å². The third kappa shape index (κ3) is 3.22. The first-order valence-electron chi connectivity index (χ1n) is 7.51. The molecule has 1 N–H and O–H groups in total. The van der Waals surface area contributed by atoms with E-state index in [9.17, 15) is 9.59 Å². The molecule has 2 aromatic rings. The second kappa shape index (κ2) is 6.83. The van der Waals surface area contributed by atoms with Crippen LogP contribution in [0.2, 0.25) is 0 Å². The van der Waals surface area contributed by atoms with Crippen LogP contribution >= 0.6 is 11.8 Å². The normalized spacial score (nSPS) is 13.1. The summed E-state index contributed by atoms with van der Waals surface area (Å²) in [6.45, 7) is 2.59. The molecule has 3 rings (SSSR count). The number of fused-ring (bicyclic) bond motifs is 2. The van der Waals surface area contributed by atoms with Crippen LogP contribution in [-0.2, 0) is 4.79 Å². The summed E-state index contributed by atoms with van der Waals surface area (Å²) in [7, 11) is 0. The van der Waals surface area contributed by atoms with Gasteiger partial charge in [0.25, 0.3) is 5.91 Å². The van der Waals surface area contributed by atoms with E-state index < -0.39 is 0 Å². The number of pyridine rings is 1. The van der Waals surface area contributed by atoms with Crippen LogP contribution in [0.5, 0.6) is 0 Å². The Labute approximate surface area is 139 Å². The van der Waals surface area contributed by atoms with E-state index in [1.54, 1.807) is 18.3 Å². The maximum atomic E-state index is 12.9. The molecule has 1 aliphatic heterocycles. The van der Waals surface area contributed by atoms with E-state index in [2.05, 4.69) is 10.3 Å². The smallest absolute Gasteiger partial charge is 0.259 e. The number of carbonyl (C=O) groups is 2. The SMILES string of the molecule is CCCNC(=O)CN1C(=O)c2ccccc2Sc2ncccc21. The number of nitrogens with zero attached hydrogens (tertiary/aromatic N) is 2. The molecule has 118 valence electrons. The van der Waals surface area contributed by atoms with Gasteiger partial charge in [-0.05, 0) is 30.7 Å². The maximum absolute atomic E-state index is 12.9. The zero-order valence-electron chi connectivity index (χ0n) is 12.8. The monoisotopic (exact) mass is 327 g/mol. The van der Waals surface area contributed by atoms with Crippen LogP contribution in [-0.4, -0.2) is 29.9 Å². The number of carbonyl (C=O) groups excluding carboxylic acids is 2. The Hall–Kier alpha value is -2.34. The van der Waals surface area contributed by atoms with Crippen LogP contribution < -0.4 is 10.2 Å². The Balaban J connectivity index is 1.99. The highest BCUT2D eigenvalue weighted by atomic mass is 32.2. The Morgan fingerprint density at radius 1 is 1.26 bits per heavy atom. The summed E-state index contributed by atoms with van der Waals surface area (Å²) in [5, 5.41) is 3.55. The molecule has 0 radical (unpaired) electrons. The highest BCUT2D eigenvalue weighted by molar-refractivity contribution is 7.99. The lowest BCUT2D eigenvalue weighted by Gasteiger charge is -2.21. The molecule has 0 spiro atoms. The van der Waals surface area contributed by atoms with E-state index in [-0.39, 0.29) is 18.4 Å². The largest absolute Gasteiger partial charge is 0.355 e. The first-order valence-corrected chi connectivity index (χ1v) is 8.33. The zero-order valence-corrected chi connectivity index (χ0v) is 13.6. The first kappa shape index (κ1) is 15.6. The number of aromatic nitrogens is 1. The molecule has 5 nitrogen and oxygen atoms in total. The van der Waals surface area contributed by atoms with Crippen LogP contribution in [0.1, 0.15) is 23.7 Å². The molecule has 1 aromatic carbocycles. The van der Waals surface area contributed by atoms with Gasteiger partial charge in [0, 0.05) is 17.6 Å². The first-order chi connectivity index (χ1) is 11.2. The molecule has 2 heterocycles. The van der Waals surface area contributed by atoms with Gasteiger partial charge in [-0.2, -0.15) is 0 Å². The van der Waals surface area contributed by atoms with E-state index in [1.807, 2.05) is 31.2 Å². The number of hydrogen-bond donors (Lipinski definition) is 1. The van der Waals surface area contributed by atoms with E-state index in [0.29, 0.717) is 17.8 Å². The van der Waals surface area contributed by atoms with Gasteiger partial charge in [-0.15, -0.1) is 0 Å². The van der Waals surface area contributed by atoms with E-state index in [1.165, 1.54) is 16.7 Å². The van der Waals surface area contributed by atoms with Gasteiger partial charge >= 0.3 is 0 Å². The average Bonchev–Trinajstić information content (AvgIpc) is 2.69. The van der Waals surface area contributed by atoms with Crippen molar-refractivity contribution in [2.75, 3.05) is 18.0 Å². The molecular formula is C17H17N3O2S. The van der Waals surface area contributed by atoms with Crippen molar-refractivity contribution in [1.29, 1.82) is 0 Å². The summed E-state index contributed by atoms with van der Waals surface area (Å²) in [5.41, 5.74) is 1.27. The van der Waals surface area contributed by atoms with Gasteiger partial charge in [-0.25, -0.2) is 4.98 Å². The molecule has 0 unspecified atom stereocenters. The number of hydrogen-bond acceptors (Lipinski definition) is 4. The molecule has 0 bridgehead atoms. The molecule has 23 heavy (non-hydrogen) atoms. The maximum Gasteiger partial charge on any atom is 0.259 e. The van der Waals surface area contributed by atoms with Gasteiger partial charge in [0.1, 0.15) is 11.6 Å². The molecule has 6 heteroatoms. The second-order valence-corrected chi connectivity index (χ2v) is 6.20. The van der Waals surface area contributed by atoms with Gasteiger partial charge < -0.3 is 5.32 Å². The van der Waals surface area contributed by atoms with Crippen molar-refractivity contribution in [1.82, 2.24) is 10.3 Å². The minimum atomic E-state index is -0.175. The predicted molar refractivity (Wildman–Crippen MR) is 89.8 cm³/mol. The Morgan fingerprint density at radius 2 is 2.09 bits per heavy atom. The fraction of sp³-hybridized carbons (Fsp3) is 0.235. The van der Waals surface area contributed by atoms with Crippen molar-refractivity contribution in [3.05, 3.63) is 48.2 Å². The summed E-state index contributed by atoms with van der Waals surface area (Å²) in [6, 6.07) is 11.0. The van der Waals surface area contributed by atoms with Gasteiger partial charge in [0.2, 0.25) is 5.91 Å². The van der Waals surface area contributed by atoms with Crippen molar-refractivity contribution in [2.24, 2.45) is 0 Å². The summed E-state index contributed by atoms with van der Waals surface area (Å²) in [6.07, 6.45) is 2.55. The minimum Gasteiger partial charge on any atom is -0.355 e. The average molecular weight is 327 g/mol. The van der Waals surface area contributed by atoms with Crippen LogP contribution in [0.4, 0.5) is 5.69 Å². The summed E-state index contributed by atoms with van der Waals surface area (Å²) < 4.78 is 0. The van der Waals surface area contributed by atoms with E-state index in [0.717, 1.165) is 16.3 Å². The lowest BCUT2D eigenvalue weighted by Crippen LogP contribution is -2.41. The lowest BCUT2D eigenvalue weighted by molar-refractivity contribution is -0.119. The Morgan fingerprint density at radius 3 is 2.91 bits per heavy atom. The van der Waals surface area contributed by atoms with Gasteiger partial charge in [0.15, 0.2) is 0 Å². The van der Waals surface area contributed by atoms with Crippen LogP contribution in [0, 0.1) is 0 Å². The Kier molecular flexibility index (Phi) is 4.62. The van der Waals surface area contributed by atoms with Crippen LogP contribution in [0.25, 0.3) is 0 Å². The number of nitrogens with one attached hydrogen (secondary N) is 1. The zero-order chi connectivity index (χ0) is 16.2. The molecule has 1 aromatic heterocycles. The third-order valence-electron chi connectivity index (χ3n) is 3.49. The van der Waals surface area contributed by atoms with Crippen molar-refractivity contribution < 1.29 is 9.59 Å². The topological polar surface area (TPSA) is 62.3 Å². The highest BCUT2D eigenvalue weighted by Gasteiger charge is 2.29. The number of amides is 2. The Bertz CT molecular complexity index is 748. The van der Waals surface area contributed by atoms with Crippen LogP contribution in [0.15, 0.2) is 52.5 Å². The predicted octanol–water partition coefficient (Wildman–Crippen LogP) is 2.72. The van der Waals surface area contributed by atoms with Crippen molar-refractivity contribution in [3.63, 3.8) is 0 Å². The molecule has 0 aliphatic carbocycles. The van der Waals surface area contributed by atoms with Gasteiger partial charge in [-0.1, -0.05) is 30.8 Å². The molecule has 1 aliphatic rings. The summed E-state index contributed by atoms with van der Waals surface area (Å²) in [4.78, 5) is 31.8. The fourth-order valence-electron chi connectivity index (χ4n) is 2.38. The molecule has 0 fully saturated rings. The number of anilines is 1. The quantitative estimate of drug-likeness (QED) is 0.938. The lowest BCUT2D eigenvalue weighted by atomic mass is 10.2. The third-order valence-corrected chi connectivity index (χ3v) is 4.57. The van der Waals surface area contributed by atoms with Crippen molar-refractivity contribution in [3.8, 4) is 0 Å². The van der Waals surface area contributed by atoms with E-state index >= 15 is 0 Å². The van der Waals surface area contributed by atoms with Crippen molar-refractivity contribution in [2.45, 2.75) is 23.3 Å². The molecule has 0 saturated heterocycles. The minimum absolute atomic E-state index is 0.00752. The molecule has 0 saturated carbocycles. The summed E-state index contributed by atoms with van der Waals surface area (Å²) >= 11 is 1.45. The second-order valence-electron chi connectivity index (χ2n) is 5.17. The van der Waals surface area contributed by atoms with Gasteiger partial charge in [0.05, 0.1) is 11.3 Å². The molecule has 2 amide bonds. The summed E-state index contributed by atoms with van der Waals surface area (Å²) in [5.74, 6) is -0.342. The number of rotatable bonds is 4. The fourth-order valence-corrected chi connectivity index (χ4v) is 3.40. The van der Waals surface area contributed by atoms with Gasteiger partial charge in [-0.3, -0.25) is 14.5 Å². The highest BCUT2D eigenvalue weighted by Crippen LogP contribution is 2.39. The number of benzene rings is 1.